The van der Waals surface area contributed by atoms with Gasteiger partial charge in [-0.3, -0.25) is 0 Å². The molecule has 18 heavy (non-hydrogen) atoms. The first-order valence-corrected chi connectivity index (χ1v) is 7.10. The Morgan fingerprint density at radius 3 is 3.22 bits per heavy atom. The van der Waals surface area contributed by atoms with Gasteiger partial charge >= 0.3 is 0 Å². The number of aromatic nitrogens is 3. The van der Waals surface area contributed by atoms with Gasteiger partial charge in [0.25, 0.3) is 0 Å². The van der Waals surface area contributed by atoms with Crippen molar-refractivity contribution in [2.75, 3.05) is 18.4 Å². The molecule has 0 amide bonds. The number of anilines is 1. The van der Waals surface area contributed by atoms with E-state index in [4.69, 9.17) is 0 Å². The van der Waals surface area contributed by atoms with Crippen molar-refractivity contribution < 1.29 is 0 Å². The summed E-state index contributed by atoms with van der Waals surface area (Å²) in [7, 11) is 0. The molecule has 0 aromatic carbocycles. The van der Waals surface area contributed by atoms with Crippen LogP contribution in [0, 0.1) is 0 Å². The summed E-state index contributed by atoms with van der Waals surface area (Å²) in [5, 5.41) is 11.2. The molecule has 5 nitrogen and oxygen atoms in total. The fourth-order valence-corrected chi connectivity index (χ4v) is 2.57. The maximum atomic E-state index is 4.43. The predicted octanol–water partition coefficient (Wildman–Crippen LogP) is 2.05. The summed E-state index contributed by atoms with van der Waals surface area (Å²) < 4.78 is 2.78. The van der Waals surface area contributed by atoms with Gasteiger partial charge in [0.2, 0.25) is 5.95 Å². The lowest BCUT2D eigenvalue weighted by molar-refractivity contribution is 0.413. The molecule has 0 saturated carbocycles. The molecule has 1 aliphatic rings. The lowest BCUT2D eigenvalue weighted by Crippen LogP contribution is -2.39. The van der Waals surface area contributed by atoms with Gasteiger partial charge in [0.15, 0.2) is 5.65 Å². The highest BCUT2D eigenvalue weighted by Crippen LogP contribution is 2.13. The van der Waals surface area contributed by atoms with Crippen LogP contribution in [0.5, 0.6) is 0 Å². The van der Waals surface area contributed by atoms with E-state index >= 15 is 0 Å². The Hall–Kier alpha value is -1.14. The van der Waals surface area contributed by atoms with Crippen LogP contribution >= 0.6 is 15.9 Å². The van der Waals surface area contributed by atoms with Gasteiger partial charge in [-0.25, -0.2) is 4.52 Å². The number of rotatable bonds is 3. The second-order valence-electron chi connectivity index (χ2n) is 4.61. The van der Waals surface area contributed by atoms with Gasteiger partial charge in [-0.2, -0.15) is 4.98 Å². The lowest BCUT2D eigenvalue weighted by Gasteiger charge is -2.23. The van der Waals surface area contributed by atoms with Crippen LogP contribution < -0.4 is 10.6 Å². The summed E-state index contributed by atoms with van der Waals surface area (Å²) in [5.41, 5.74) is 0.859. The molecule has 1 atom stereocenters. The summed E-state index contributed by atoms with van der Waals surface area (Å²) in [4.78, 5) is 4.43. The minimum absolute atomic E-state index is 0.539. The number of nitrogens with one attached hydrogen (secondary N) is 2. The molecular weight excluding hydrogens is 294 g/mol. The fourth-order valence-electron chi connectivity index (χ4n) is 2.25. The lowest BCUT2D eigenvalue weighted by atomic mass is 10.1. The van der Waals surface area contributed by atoms with Crippen LogP contribution in [0.2, 0.25) is 0 Å². The van der Waals surface area contributed by atoms with E-state index in [0.717, 1.165) is 23.2 Å². The van der Waals surface area contributed by atoms with Crippen molar-refractivity contribution in [3.05, 3.63) is 22.8 Å². The third-order valence-electron chi connectivity index (χ3n) is 3.21. The second-order valence-corrected chi connectivity index (χ2v) is 5.53. The van der Waals surface area contributed by atoms with E-state index in [1.807, 2.05) is 18.3 Å². The quantitative estimate of drug-likeness (QED) is 0.911. The van der Waals surface area contributed by atoms with E-state index in [0.29, 0.717) is 12.0 Å². The third-order valence-corrected chi connectivity index (χ3v) is 3.68. The Balaban J connectivity index is 1.67. The number of halogens is 1. The van der Waals surface area contributed by atoms with Crippen molar-refractivity contribution in [3.8, 4) is 0 Å². The molecule has 0 spiro atoms. The average molecular weight is 310 g/mol. The molecule has 0 bridgehead atoms. The minimum Gasteiger partial charge on any atom is -0.351 e. The topological polar surface area (TPSA) is 54.2 Å². The first-order chi connectivity index (χ1) is 8.81. The van der Waals surface area contributed by atoms with Gasteiger partial charge < -0.3 is 10.6 Å². The largest absolute Gasteiger partial charge is 0.351 e. The zero-order valence-electron chi connectivity index (χ0n) is 10.1. The highest BCUT2D eigenvalue weighted by atomic mass is 79.9. The first kappa shape index (κ1) is 11.9. The van der Waals surface area contributed by atoms with Gasteiger partial charge in [-0.05, 0) is 47.4 Å². The fraction of sp³-hybridized carbons (Fsp3) is 0.500. The predicted molar refractivity (Wildman–Crippen MR) is 74.8 cm³/mol. The molecule has 1 unspecified atom stereocenters. The molecule has 6 heteroatoms. The summed E-state index contributed by atoms with van der Waals surface area (Å²) in [6.45, 7) is 2.01. The summed E-state index contributed by atoms with van der Waals surface area (Å²) in [5.74, 6) is 0.695. The molecule has 3 heterocycles. The Morgan fingerprint density at radius 1 is 1.44 bits per heavy atom. The van der Waals surface area contributed by atoms with Crippen molar-refractivity contribution in [3.63, 3.8) is 0 Å². The van der Waals surface area contributed by atoms with Gasteiger partial charge in [-0.15, -0.1) is 5.10 Å². The first-order valence-electron chi connectivity index (χ1n) is 6.30. The van der Waals surface area contributed by atoms with E-state index in [9.17, 15) is 0 Å². The van der Waals surface area contributed by atoms with Crippen LogP contribution in [0.15, 0.2) is 22.8 Å². The van der Waals surface area contributed by atoms with Crippen molar-refractivity contribution in [2.24, 2.45) is 0 Å². The maximum absolute atomic E-state index is 4.43. The Morgan fingerprint density at radius 2 is 2.39 bits per heavy atom. The van der Waals surface area contributed by atoms with E-state index in [2.05, 4.69) is 36.6 Å². The van der Waals surface area contributed by atoms with Crippen LogP contribution in [0.3, 0.4) is 0 Å². The Kier molecular flexibility index (Phi) is 3.47. The van der Waals surface area contributed by atoms with Crippen LogP contribution in [-0.4, -0.2) is 33.7 Å². The SMILES string of the molecule is Brc1ccc2nc(NCC3CCCCN3)nn2c1. The zero-order valence-corrected chi connectivity index (χ0v) is 11.7. The van der Waals surface area contributed by atoms with E-state index in [1.165, 1.54) is 19.3 Å². The number of pyridine rings is 1. The molecule has 2 N–H and O–H groups in total. The molecule has 0 aliphatic carbocycles. The van der Waals surface area contributed by atoms with Gasteiger partial charge in [0.1, 0.15) is 0 Å². The molecule has 2 aromatic heterocycles. The van der Waals surface area contributed by atoms with Gasteiger partial charge in [0.05, 0.1) is 0 Å². The van der Waals surface area contributed by atoms with Crippen LogP contribution in [0.4, 0.5) is 5.95 Å². The average Bonchev–Trinajstić information content (AvgIpc) is 2.79. The normalized spacial score (nSPS) is 20.2. The third kappa shape index (κ3) is 2.64. The van der Waals surface area contributed by atoms with Crippen molar-refractivity contribution in [1.82, 2.24) is 19.9 Å². The van der Waals surface area contributed by atoms with Crippen molar-refractivity contribution in [1.29, 1.82) is 0 Å². The van der Waals surface area contributed by atoms with E-state index in [-0.39, 0.29) is 0 Å². The van der Waals surface area contributed by atoms with Crippen LogP contribution in [0.1, 0.15) is 19.3 Å². The van der Waals surface area contributed by atoms with Gasteiger partial charge in [-0.1, -0.05) is 6.42 Å². The molecular formula is C12H16BrN5. The molecule has 2 aromatic rings. The van der Waals surface area contributed by atoms with Crippen LogP contribution in [0.25, 0.3) is 5.65 Å². The monoisotopic (exact) mass is 309 g/mol. The molecule has 3 rings (SSSR count). The van der Waals surface area contributed by atoms with Gasteiger partial charge in [0, 0.05) is 23.3 Å². The molecule has 1 fully saturated rings. The minimum atomic E-state index is 0.539. The number of nitrogens with zero attached hydrogens (tertiary/aromatic N) is 3. The van der Waals surface area contributed by atoms with Crippen LogP contribution in [-0.2, 0) is 0 Å². The van der Waals surface area contributed by atoms with E-state index < -0.39 is 0 Å². The van der Waals surface area contributed by atoms with E-state index in [1.54, 1.807) is 4.52 Å². The number of fused-ring (bicyclic) bond motifs is 1. The number of piperidine rings is 1. The summed E-state index contributed by atoms with van der Waals surface area (Å²) in [6.07, 6.45) is 5.74. The standard InChI is InChI=1S/C12H16BrN5/c13-9-4-5-11-16-12(17-18(11)8-9)15-7-10-3-1-2-6-14-10/h4-5,8,10,14H,1-3,6-7H2,(H,15,17). The molecule has 1 saturated heterocycles. The summed E-state index contributed by atoms with van der Waals surface area (Å²) in [6, 6.07) is 4.45. The maximum Gasteiger partial charge on any atom is 0.243 e. The highest BCUT2D eigenvalue weighted by molar-refractivity contribution is 9.10. The molecule has 0 radical (unpaired) electrons. The second kappa shape index (κ2) is 5.24. The molecule has 1 aliphatic heterocycles. The Bertz CT molecular complexity index is 532. The highest BCUT2D eigenvalue weighted by Gasteiger charge is 2.13. The smallest absolute Gasteiger partial charge is 0.243 e. The van der Waals surface area contributed by atoms with Crippen molar-refractivity contribution in [2.45, 2.75) is 25.3 Å². The van der Waals surface area contributed by atoms with Crippen molar-refractivity contribution >= 4 is 27.5 Å². The summed E-state index contributed by atoms with van der Waals surface area (Å²) >= 11 is 3.42. The molecule has 96 valence electrons. The Labute approximate surface area is 114 Å². The zero-order chi connectivity index (χ0) is 12.4. The number of hydrogen-bond donors (Lipinski definition) is 2. The number of hydrogen-bond acceptors (Lipinski definition) is 4.